The van der Waals surface area contributed by atoms with Crippen LogP contribution in [0.15, 0.2) is 23.2 Å². The molecule has 0 saturated heterocycles. The minimum absolute atomic E-state index is 0.285. The fourth-order valence-corrected chi connectivity index (χ4v) is 1.71. The Balaban J connectivity index is 2.33. The second kappa shape index (κ2) is 4.53. The lowest BCUT2D eigenvalue weighted by Crippen LogP contribution is -2.34. The molecule has 0 aliphatic carbocycles. The van der Waals surface area contributed by atoms with Crippen LogP contribution in [0, 0.1) is 0 Å². The first-order valence-electron chi connectivity index (χ1n) is 4.96. The Morgan fingerprint density at radius 3 is 3.19 bits per heavy atom. The van der Waals surface area contributed by atoms with E-state index in [-0.39, 0.29) is 12.8 Å². The van der Waals surface area contributed by atoms with Crippen molar-refractivity contribution in [1.29, 1.82) is 0 Å². The average molecular weight is 239 g/mol. The standard InChI is InChI=1S/C11H11ClN2O2/c1-2-16-11(15)14-7-13-6-8-5-9(12)3-4-10(8)14/h3-6H,2,7H2,1H3. The molecule has 0 atom stereocenters. The number of rotatable bonds is 1. The second-order valence-corrected chi connectivity index (χ2v) is 3.72. The highest BCUT2D eigenvalue weighted by Gasteiger charge is 2.21. The number of ether oxygens (including phenoxy) is 1. The number of carbonyl (C=O) groups is 1. The van der Waals surface area contributed by atoms with Crippen LogP contribution in [0.2, 0.25) is 5.02 Å². The molecule has 1 amide bonds. The largest absolute Gasteiger partial charge is 0.449 e. The first-order valence-corrected chi connectivity index (χ1v) is 5.34. The Morgan fingerprint density at radius 2 is 2.44 bits per heavy atom. The van der Waals surface area contributed by atoms with Crippen LogP contribution in [0.4, 0.5) is 10.5 Å². The molecule has 0 unspecified atom stereocenters. The van der Waals surface area contributed by atoms with E-state index in [0.717, 1.165) is 11.3 Å². The molecule has 4 nitrogen and oxygen atoms in total. The normalized spacial score (nSPS) is 13.5. The fourth-order valence-electron chi connectivity index (χ4n) is 1.53. The summed E-state index contributed by atoms with van der Waals surface area (Å²) in [5, 5.41) is 0.621. The fraction of sp³-hybridized carbons (Fsp3) is 0.273. The van der Waals surface area contributed by atoms with Gasteiger partial charge in [0.05, 0.1) is 12.3 Å². The van der Waals surface area contributed by atoms with Gasteiger partial charge in [-0.15, -0.1) is 0 Å². The van der Waals surface area contributed by atoms with E-state index in [4.69, 9.17) is 16.3 Å². The quantitative estimate of drug-likeness (QED) is 0.755. The van der Waals surface area contributed by atoms with Gasteiger partial charge in [-0.25, -0.2) is 4.79 Å². The highest BCUT2D eigenvalue weighted by atomic mass is 35.5. The van der Waals surface area contributed by atoms with Crippen LogP contribution in [0.5, 0.6) is 0 Å². The SMILES string of the molecule is CCOC(=O)N1CN=Cc2cc(Cl)ccc21. The molecule has 0 aromatic heterocycles. The molecule has 0 spiro atoms. The summed E-state index contributed by atoms with van der Waals surface area (Å²) in [6.07, 6.45) is 1.32. The van der Waals surface area contributed by atoms with Crippen LogP contribution in [-0.4, -0.2) is 25.6 Å². The van der Waals surface area contributed by atoms with Crippen molar-refractivity contribution in [2.24, 2.45) is 4.99 Å². The van der Waals surface area contributed by atoms with Crippen molar-refractivity contribution in [3.8, 4) is 0 Å². The molecule has 0 bridgehead atoms. The summed E-state index contributed by atoms with van der Waals surface area (Å²) in [6.45, 7) is 2.41. The molecule has 1 heterocycles. The van der Waals surface area contributed by atoms with Crippen LogP contribution >= 0.6 is 11.6 Å². The minimum atomic E-state index is -0.386. The molecule has 0 saturated carbocycles. The van der Waals surface area contributed by atoms with Crippen molar-refractivity contribution in [2.45, 2.75) is 6.92 Å². The molecular formula is C11H11ClN2O2. The molecule has 0 N–H and O–H groups in total. The molecule has 0 radical (unpaired) electrons. The number of benzene rings is 1. The van der Waals surface area contributed by atoms with Gasteiger partial charge in [0.1, 0.15) is 6.67 Å². The van der Waals surface area contributed by atoms with Crippen molar-refractivity contribution < 1.29 is 9.53 Å². The number of fused-ring (bicyclic) bond motifs is 1. The van der Waals surface area contributed by atoms with Crippen LogP contribution in [0.1, 0.15) is 12.5 Å². The lowest BCUT2D eigenvalue weighted by molar-refractivity contribution is 0.160. The highest BCUT2D eigenvalue weighted by Crippen LogP contribution is 2.26. The van der Waals surface area contributed by atoms with Gasteiger partial charge in [0.15, 0.2) is 0 Å². The molecule has 1 aliphatic heterocycles. The van der Waals surface area contributed by atoms with Crippen LogP contribution < -0.4 is 4.90 Å². The number of hydrogen-bond acceptors (Lipinski definition) is 3. The van der Waals surface area contributed by atoms with Gasteiger partial charge in [0.25, 0.3) is 0 Å². The molecule has 2 rings (SSSR count). The van der Waals surface area contributed by atoms with Gasteiger partial charge in [-0.1, -0.05) is 11.6 Å². The summed E-state index contributed by atoms with van der Waals surface area (Å²) in [5.74, 6) is 0. The Morgan fingerprint density at radius 1 is 1.62 bits per heavy atom. The third-order valence-electron chi connectivity index (χ3n) is 2.22. The van der Waals surface area contributed by atoms with Gasteiger partial charge in [0, 0.05) is 16.8 Å². The third kappa shape index (κ3) is 2.02. The third-order valence-corrected chi connectivity index (χ3v) is 2.46. The lowest BCUT2D eigenvalue weighted by Gasteiger charge is -2.24. The van der Waals surface area contributed by atoms with E-state index < -0.39 is 0 Å². The van der Waals surface area contributed by atoms with Crippen molar-refractivity contribution in [3.63, 3.8) is 0 Å². The van der Waals surface area contributed by atoms with Gasteiger partial charge in [-0.05, 0) is 25.1 Å². The average Bonchev–Trinajstić information content (AvgIpc) is 2.28. The van der Waals surface area contributed by atoms with E-state index in [2.05, 4.69) is 4.99 Å². The predicted octanol–water partition coefficient (Wildman–Crippen LogP) is 2.69. The van der Waals surface area contributed by atoms with E-state index >= 15 is 0 Å². The maximum Gasteiger partial charge on any atom is 0.415 e. The monoisotopic (exact) mass is 238 g/mol. The first-order chi connectivity index (χ1) is 7.72. The zero-order valence-corrected chi connectivity index (χ0v) is 9.57. The number of carbonyl (C=O) groups excluding carboxylic acids is 1. The van der Waals surface area contributed by atoms with Crippen molar-refractivity contribution >= 4 is 29.6 Å². The van der Waals surface area contributed by atoms with E-state index in [1.807, 2.05) is 0 Å². The number of hydrogen-bond donors (Lipinski definition) is 0. The summed E-state index contributed by atoms with van der Waals surface area (Å²) in [4.78, 5) is 17.2. The summed E-state index contributed by atoms with van der Waals surface area (Å²) < 4.78 is 4.95. The molecule has 0 fully saturated rings. The smallest absolute Gasteiger partial charge is 0.415 e. The van der Waals surface area contributed by atoms with Crippen molar-refractivity contribution in [3.05, 3.63) is 28.8 Å². The minimum Gasteiger partial charge on any atom is -0.449 e. The number of amides is 1. The zero-order chi connectivity index (χ0) is 11.5. The van der Waals surface area contributed by atoms with Crippen LogP contribution in [0.3, 0.4) is 0 Å². The van der Waals surface area contributed by atoms with E-state index in [1.54, 1.807) is 31.3 Å². The van der Waals surface area contributed by atoms with Crippen molar-refractivity contribution in [1.82, 2.24) is 0 Å². The van der Waals surface area contributed by atoms with Gasteiger partial charge in [-0.3, -0.25) is 9.89 Å². The summed E-state index contributed by atoms with van der Waals surface area (Å²) in [6, 6.07) is 5.30. The molecule has 1 aromatic rings. The van der Waals surface area contributed by atoms with Gasteiger partial charge in [-0.2, -0.15) is 0 Å². The van der Waals surface area contributed by atoms with E-state index in [1.165, 1.54) is 4.90 Å². The molecule has 1 aromatic carbocycles. The Kier molecular flexibility index (Phi) is 3.10. The first kappa shape index (κ1) is 11.0. The summed E-state index contributed by atoms with van der Waals surface area (Å²) in [7, 11) is 0. The predicted molar refractivity (Wildman–Crippen MR) is 63.4 cm³/mol. The Bertz CT molecular complexity index is 446. The highest BCUT2D eigenvalue weighted by molar-refractivity contribution is 6.31. The molecule has 5 heteroatoms. The van der Waals surface area contributed by atoms with Gasteiger partial charge >= 0.3 is 6.09 Å². The molecule has 1 aliphatic rings. The van der Waals surface area contributed by atoms with E-state index in [0.29, 0.717) is 11.6 Å². The zero-order valence-electron chi connectivity index (χ0n) is 8.81. The van der Waals surface area contributed by atoms with Crippen molar-refractivity contribution in [2.75, 3.05) is 18.2 Å². The molecule has 16 heavy (non-hydrogen) atoms. The molecular weight excluding hydrogens is 228 g/mol. The number of halogens is 1. The van der Waals surface area contributed by atoms with Gasteiger partial charge < -0.3 is 4.74 Å². The number of anilines is 1. The summed E-state index contributed by atoms with van der Waals surface area (Å²) in [5.41, 5.74) is 1.60. The second-order valence-electron chi connectivity index (χ2n) is 3.28. The molecule has 84 valence electrons. The topological polar surface area (TPSA) is 41.9 Å². The number of nitrogens with zero attached hydrogens (tertiary/aromatic N) is 2. The van der Waals surface area contributed by atoms with Gasteiger partial charge in [0.2, 0.25) is 0 Å². The maximum absolute atomic E-state index is 11.6. The lowest BCUT2D eigenvalue weighted by atomic mass is 10.1. The maximum atomic E-state index is 11.6. The Hall–Kier alpha value is -1.55. The Labute approximate surface area is 98.5 Å². The number of aliphatic imine (C=N–C) groups is 1. The van der Waals surface area contributed by atoms with Crippen LogP contribution in [-0.2, 0) is 4.74 Å². The van der Waals surface area contributed by atoms with E-state index in [9.17, 15) is 4.79 Å². The van der Waals surface area contributed by atoms with Crippen LogP contribution in [0.25, 0.3) is 0 Å². The summed E-state index contributed by atoms with van der Waals surface area (Å²) >= 11 is 5.87.